The van der Waals surface area contributed by atoms with Crippen LogP contribution in [0.1, 0.15) is 18.5 Å². The molecule has 2 nitrogen and oxygen atoms in total. The summed E-state index contributed by atoms with van der Waals surface area (Å²) in [6.45, 7) is 1.78. The van der Waals surface area contributed by atoms with Crippen molar-refractivity contribution in [3.05, 3.63) is 59.5 Å². The van der Waals surface area contributed by atoms with Gasteiger partial charge in [-0.05, 0) is 12.5 Å². The molecule has 1 unspecified atom stereocenters. The van der Waals surface area contributed by atoms with Gasteiger partial charge in [0.1, 0.15) is 0 Å². The Morgan fingerprint density at radius 1 is 1.06 bits per heavy atom. The van der Waals surface area contributed by atoms with E-state index in [0.717, 1.165) is 5.56 Å². The number of hydrogen-bond acceptors (Lipinski definition) is 2. The third-order valence-electron chi connectivity index (χ3n) is 2.54. The Labute approximate surface area is 102 Å². The lowest BCUT2D eigenvalue weighted by Gasteiger charge is -2.15. The van der Waals surface area contributed by atoms with Crippen LogP contribution in [0.25, 0.3) is 0 Å². The van der Waals surface area contributed by atoms with E-state index in [-0.39, 0.29) is 11.9 Å². The predicted molar refractivity (Wildman–Crippen MR) is 62.6 cm³/mol. The molecule has 0 fully saturated rings. The summed E-state index contributed by atoms with van der Waals surface area (Å²) in [6, 6.07) is 9.42. The lowest BCUT2D eigenvalue weighted by atomic mass is 10.1. The molecule has 0 aliphatic rings. The number of anilines is 1. The fourth-order valence-corrected chi connectivity index (χ4v) is 1.58. The number of benzene rings is 1. The largest absolute Gasteiger partial charge is 0.361 e. The normalized spacial score (nSPS) is 12.2. The average Bonchev–Trinajstić information content (AvgIpc) is 2.37. The minimum atomic E-state index is -1.32. The minimum Gasteiger partial charge on any atom is -0.361 e. The summed E-state index contributed by atoms with van der Waals surface area (Å²) in [5, 5.41) is 2.70. The van der Waals surface area contributed by atoms with Crippen LogP contribution >= 0.6 is 0 Å². The molecule has 1 atom stereocenters. The van der Waals surface area contributed by atoms with Gasteiger partial charge in [-0.2, -0.15) is 9.37 Å². The Balaban J connectivity index is 2.22. The summed E-state index contributed by atoms with van der Waals surface area (Å²) in [7, 11) is 0. The van der Waals surface area contributed by atoms with Crippen molar-refractivity contribution >= 4 is 5.82 Å². The zero-order chi connectivity index (χ0) is 13.1. The Morgan fingerprint density at radius 3 is 2.39 bits per heavy atom. The van der Waals surface area contributed by atoms with E-state index in [4.69, 9.17) is 0 Å². The van der Waals surface area contributed by atoms with Crippen LogP contribution in [0.5, 0.6) is 0 Å². The maximum Gasteiger partial charge on any atom is 0.251 e. The van der Waals surface area contributed by atoms with E-state index in [1.54, 1.807) is 6.92 Å². The monoisotopic (exact) mass is 252 g/mol. The van der Waals surface area contributed by atoms with Gasteiger partial charge in [-0.15, -0.1) is 0 Å². The van der Waals surface area contributed by atoms with Crippen LogP contribution in [-0.2, 0) is 0 Å². The smallest absolute Gasteiger partial charge is 0.251 e. The van der Waals surface area contributed by atoms with Crippen molar-refractivity contribution in [1.29, 1.82) is 0 Å². The van der Waals surface area contributed by atoms with Crippen LogP contribution in [0.2, 0.25) is 0 Å². The number of nitrogens with zero attached hydrogens (tertiary/aromatic N) is 1. The SMILES string of the molecule is CC(Nc1nc(F)c(F)cc1F)c1ccccc1. The quantitative estimate of drug-likeness (QED) is 0.843. The minimum absolute atomic E-state index is 0.266. The third-order valence-corrected chi connectivity index (χ3v) is 2.54. The molecular formula is C13H11F3N2. The number of halogens is 3. The Morgan fingerprint density at radius 2 is 1.72 bits per heavy atom. The van der Waals surface area contributed by atoms with Gasteiger partial charge in [0.15, 0.2) is 17.5 Å². The van der Waals surface area contributed by atoms with Crippen LogP contribution in [0, 0.1) is 17.6 Å². The van der Waals surface area contributed by atoms with Crippen LogP contribution in [-0.4, -0.2) is 4.98 Å². The van der Waals surface area contributed by atoms with E-state index in [2.05, 4.69) is 10.3 Å². The van der Waals surface area contributed by atoms with Crippen molar-refractivity contribution in [1.82, 2.24) is 4.98 Å². The standard InChI is InChI=1S/C13H11F3N2/c1-8(9-5-3-2-4-6-9)17-13-11(15)7-10(14)12(16)18-13/h2-8H,1H3,(H,17,18). The van der Waals surface area contributed by atoms with Crippen LogP contribution in [0.4, 0.5) is 19.0 Å². The molecule has 94 valence electrons. The van der Waals surface area contributed by atoms with Crippen LogP contribution in [0.3, 0.4) is 0 Å². The first-order chi connectivity index (χ1) is 8.58. The van der Waals surface area contributed by atoms with Gasteiger partial charge in [0, 0.05) is 6.07 Å². The van der Waals surface area contributed by atoms with Crippen molar-refractivity contribution in [2.24, 2.45) is 0 Å². The molecule has 0 saturated carbocycles. The molecule has 0 amide bonds. The highest BCUT2D eigenvalue weighted by Gasteiger charge is 2.14. The summed E-state index contributed by atoms with van der Waals surface area (Å²) in [5.41, 5.74) is 0.892. The van der Waals surface area contributed by atoms with Gasteiger partial charge >= 0.3 is 0 Å². The maximum absolute atomic E-state index is 13.4. The average molecular weight is 252 g/mol. The summed E-state index contributed by atoms with van der Waals surface area (Å²) in [5.74, 6) is -3.84. The number of aromatic nitrogens is 1. The van der Waals surface area contributed by atoms with Gasteiger partial charge < -0.3 is 5.32 Å². The number of hydrogen-bond donors (Lipinski definition) is 1. The van der Waals surface area contributed by atoms with Crippen molar-refractivity contribution in [2.75, 3.05) is 5.32 Å². The lowest BCUT2D eigenvalue weighted by Crippen LogP contribution is -2.10. The van der Waals surface area contributed by atoms with E-state index in [1.807, 2.05) is 30.3 Å². The molecule has 0 radical (unpaired) electrons. The van der Waals surface area contributed by atoms with E-state index >= 15 is 0 Å². The summed E-state index contributed by atoms with van der Waals surface area (Å²) in [6.07, 6.45) is 0. The van der Waals surface area contributed by atoms with Gasteiger partial charge in [0.25, 0.3) is 5.95 Å². The fraction of sp³-hybridized carbons (Fsp3) is 0.154. The van der Waals surface area contributed by atoms with E-state index in [0.29, 0.717) is 6.07 Å². The van der Waals surface area contributed by atoms with Crippen molar-refractivity contribution in [3.63, 3.8) is 0 Å². The second-order valence-corrected chi connectivity index (χ2v) is 3.87. The third kappa shape index (κ3) is 2.61. The maximum atomic E-state index is 13.4. The molecule has 0 bridgehead atoms. The van der Waals surface area contributed by atoms with E-state index < -0.39 is 17.6 Å². The Bertz CT molecular complexity index is 543. The Kier molecular flexibility index (Phi) is 3.50. The number of rotatable bonds is 3. The van der Waals surface area contributed by atoms with Gasteiger partial charge in [0.05, 0.1) is 6.04 Å². The zero-order valence-corrected chi connectivity index (χ0v) is 9.62. The highest BCUT2D eigenvalue weighted by atomic mass is 19.2. The van der Waals surface area contributed by atoms with Crippen molar-refractivity contribution in [3.8, 4) is 0 Å². The van der Waals surface area contributed by atoms with Gasteiger partial charge in [-0.25, -0.2) is 8.78 Å². The molecule has 1 heterocycles. The lowest BCUT2D eigenvalue weighted by molar-refractivity contribution is 0.465. The molecular weight excluding hydrogens is 241 g/mol. The molecule has 5 heteroatoms. The zero-order valence-electron chi connectivity index (χ0n) is 9.62. The van der Waals surface area contributed by atoms with Crippen molar-refractivity contribution in [2.45, 2.75) is 13.0 Å². The molecule has 18 heavy (non-hydrogen) atoms. The van der Waals surface area contributed by atoms with Crippen molar-refractivity contribution < 1.29 is 13.2 Å². The van der Waals surface area contributed by atoms with Crippen LogP contribution < -0.4 is 5.32 Å². The van der Waals surface area contributed by atoms with E-state index in [9.17, 15) is 13.2 Å². The highest BCUT2D eigenvalue weighted by molar-refractivity contribution is 5.39. The second-order valence-electron chi connectivity index (χ2n) is 3.87. The predicted octanol–water partition coefficient (Wildman–Crippen LogP) is 3.67. The van der Waals surface area contributed by atoms with Gasteiger partial charge in [-0.3, -0.25) is 0 Å². The van der Waals surface area contributed by atoms with Gasteiger partial charge in [0.2, 0.25) is 0 Å². The molecule has 2 aromatic rings. The fourth-order valence-electron chi connectivity index (χ4n) is 1.58. The number of pyridine rings is 1. The summed E-state index contributed by atoms with van der Waals surface area (Å²) in [4.78, 5) is 3.21. The molecule has 1 aromatic carbocycles. The second kappa shape index (κ2) is 5.08. The summed E-state index contributed by atoms with van der Waals surface area (Å²) >= 11 is 0. The molecule has 0 aliphatic heterocycles. The molecule has 0 spiro atoms. The number of nitrogens with one attached hydrogen (secondary N) is 1. The first-order valence-electron chi connectivity index (χ1n) is 5.41. The summed E-state index contributed by atoms with van der Waals surface area (Å²) < 4.78 is 39.0. The topological polar surface area (TPSA) is 24.9 Å². The first kappa shape index (κ1) is 12.4. The Hall–Kier alpha value is -2.04. The molecule has 0 aliphatic carbocycles. The molecule has 2 rings (SSSR count). The van der Waals surface area contributed by atoms with E-state index in [1.165, 1.54) is 0 Å². The molecule has 1 N–H and O–H groups in total. The molecule has 1 aromatic heterocycles. The first-order valence-corrected chi connectivity index (χ1v) is 5.41. The van der Waals surface area contributed by atoms with Crippen LogP contribution in [0.15, 0.2) is 36.4 Å². The molecule has 0 saturated heterocycles. The highest BCUT2D eigenvalue weighted by Crippen LogP contribution is 2.21. The van der Waals surface area contributed by atoms with Gasteiger partial charge in [-0.1, -0.05) is 30.3 Å².